The van der Waals surface area contributed by atoms with Gasteiger partial charge in [-0.1, -0.05) is 30.3 Å². The normalized spacial score (nSPS) is 14.4. The van der Waals surface area contributed by atoms with E-state index in [1.807, 2.05) is 24.3 Å². The number of hydrogen-bond donors (Lipinski definition) is 11. The smallest absolute Gasteiger partial charge is 0.290 e. The Morgan fingerprint density at radius 2 is 1.21 bits per heavy atom. The van der Waals surface area contributed by atoms with Gasteiger partial charge in [0.25, 0.3) is 11.1 Å². The van der Waals surface area contributed by atoms with Crippen LogP contribution in [0.2, 0.25) is 0 Å². The first-order chi connectivity index (χ1) is 27.6. The Balaban J connectivity index is 1.68. The fraction of sp³-hybridized carbons (Fsp3) is 0.417. The van der Waals surface area contributed by atoms with Crippen LogP contribution < -0.4 is 66.1 Å². The third-order valence-corrected chi connectivity index (χ3v) is 9.24. The summed E-state index contributed by atoms with van der Waals surface area (Å²) in [5.41, 5.74) is 38.7. The van der Waals surface area contributed by atoms with Gasteiger partial charge in [0, 0.05) is 31.4 Å². The third-order valence-electron chi connectivity index (χ3n) is 8.43. The molecule has 1 aliphatic rings. The molecule has 58 heavy (non-hydrogen) atoms. The molecule has 2 aromatic carbocycles. The molecule has 3 atom stereocenters. The zero-order valence-corrected chi connectivity index (χ0v) is 32.7. The summed E-state index contributed by atoms with van der Waals surface area (Å²) in [5, 5.41) is 11.4. The molecule has 3 rings (SSSR count). The molecule has 0 aliphatic carbocycles. The molecule has 18 N–H and O–H groups in total. The lowest BCUT2D eigenvalue weighted by atomic mass is 10.0. The molecule has 2 aromatic rings. The van der Waals surface area contributed by atoms with Crippen LogP contribution >= 0.6 is 11.8 Å². The van der Waals surface area contributed by atoms with Crippen LogP contribution in [0.3, 0.4) is 0 Å². The zero-order valence-electron chi connectivity index (χ0n) is 31.9. The fourth-order valence-corrected chi connectivity index (χ4v) is 6.34. The molecule has 0 bridgehead atoms. The van der Waals surface area contributed by atoms with Gasteiger partial charge >= 0.3 is 0 Å². The van der Waals surface area contributed by atoms with Crippen molar-refractivity contribution in [3.05, 3.63) is 46.9 Å². The van der Waals surface area contributed by atoms with Crippen LogP contribution in [0.5, 0.6) is 5.75 Å². The first-order valence-electron chi connectivity index (χ1n) is 18.4. The highest BCUT2D eigenvalue weighted by molar-refractivity contribution is 8.18. The lowest BCUT2D eigenvalue weighted by molar-refractivity contribution is -0.133. The summed E-state index contributed by atoms with van der Waals surface area (Å²) >= 11 is 0.825. The lowest BCUT2D eigenvalue weighted by Crippen LogP contribution is -2.56. The van der Waals surface area contributed by atoms with Crippen molar-refractivity contribution in [1.82, 2.24) is 21.3 Å². The molecule has 0 radical (unpaired) electrons. The van der Waals surface area contributed by atoms with Crippen molar-refractivity contribution in [2.75, 3.05) is 26.2 Å². The Morgan fingerprint density at radius 3 is 1.72 bits per heavy atom. The minimum Gasteiger partial charge on any atom is -0.493 e. The second-order valence-corrected chi connectivity index (χ2v) is 14.0. The van der Waals surface area contributed by atoms with Gasteiger partial charge in [0.1, 0.15) is 23.9 Å². The van der Waals surface area contributed by atoms with Gasteiger partial charge in [-0.25, -0.2) is 0 Å². The standard InChI is InChI=1S/C36H52N14O7S/c37-29(52)23(9-3-15-44-33(38)39)48-31(54)25(11-5-17-46-35(42)43)49-30(53)24(10-4-16-45-34(40)41)47-28(51)12-6-18-57-26-14-13-20(21-7-1-2-8-22(21)26)19-27-32(55)50-36(56)58-27/h1-2,7-8,13-14,19,23-25H,3-6,9-12,15-18H2,(H2,37,52)(H,47,51)(H,48,54)(H,49,53)(H4,38,39,44)(H4,40,41,45)(H4,42,43,46)(H,50,55,56)/t23-,24-,25-/m0/s1. The molecule has 0 saturated carbocycles. The Hall–Kier alpha value is -6.58. The molecule has 1 fully saturated rings. The van der Waals surface area contributed by atoms with Crippen molar-refractivity contribution < 1.29 is 33.5 Å². The number of aliphatic imine (C=N–C) groups is 3. The SMILES string of the molecule is NC(=O)[C@H](CCCN=C(N)N)NC(=O)[C@H](CCCN=C(N)N)NC(=O)[C@H](CCCN=C(N)N)NC(=O)CCCOc1ccc(C=C2SC(=O)NC2=O)c2ccccc12. The summed E-state index contributed by atoms with van der Waals surface area (Å²) in [6.45, 7) is 0.672. The number of nitrogens with two attached hydrogens (primary N) is 7. The van der Waals surface area contributed by atoms with Crippen molar-refractivity contribution >= 4 is 81.3 Å². The zero-order chi connectivity index (χ0) is 42.6. The molecule has 6 amide bonds. The van der Waals surface area contributed by atoms with Crippen LogP contribution in [0.4, 0.5) is 4.79 Å². The number of ether oxygens (including phenoxy) is 1. The average Bonchev–Trinajstić information content (AvgIpc) is 3.49. The number of hydrogen-bond acceptors (Lipinski definition) is 11. The topological polar surface area (TPSA) is 379 Å². The van der Waals surface area contributed by atoms with Gasteiger partial charge in [-0.2, -0.15) is 0 Å². The number of nitrogens with zero attached hydrogens (tertiary/aromatic N) is 3. The van der Waals surface area contributed by atoms with E-state index in [1.54, 1.807) is 18.2 Å². The largest absolute Gasteiger partial charge is 0.493 e. The van der Waals surface area contributed by atoms with Crippen LogP contribution in [-0.2, 0) is 24.0 Å². The first kappa shape index (κ1) is 45.8. The quantitative estimate of drug-likeness (QED) is 0.0247. The van der Waals surface area contributed by atoms with Crippen LogP contribution in [0, 0.1) is 0 Å². The number of thioether (sulfide) groups is 1. The van der Waals surface area contributed by atoms with Crippen LogP contribution in [0.25, 0.3) is 16.8 Å². The Bertz CT molecular complexity index is 1920. The van der Waals surface area contributed by atoms with E-state index >= 15 is 0 Å². The Labute approximate surface area is 338 Å². The molecule has 0 aromatic heterocycles. The summed E-state index contributed by atoms with van der Waals surface area (Å²) in [4.78, 5) is 88.3. The number of amides is 6. The fourth-order valence-electron chi connectivity index (χ4n) is 5.67. The number of rotatable bonds is 24. The minimum atomic E-state index is -1.17. The molecule has 314 valence electrons. The summed E-state index contributed by atoms with van der Waals surface area (Å²) in [6.07, 6.45) is 3.13. The minimum absolute atomic E-state index is 0.0112. The molecular formula is C36H52N14O7S. The Kier molecular flexibility index (Phi) is 18.5. The highest BCUT2D eigenvalue weighted by atomic mass is 32.2. The predicted octanol–water partition coefficient (Wildman–Crippen LogP) is -1.58. The predicted molar refractivity (Wildman–Crippen MR) is 223 cm³/mol. The van der Waals surface area contributed by atoms with E-state index in [0.29, 0.717) is 18.6 Å². The van der Waals surface area contributed by atoms with Gasteiger partial charge in [-0.3, -0.25) is 49.1 Å². The van der Waals surface area contributed by atoms with E-state index in [0.717, 1.165) is 28.1 Å². The second-order valence-electron chi connectivity index (χ2n) is 13.0. The lowest BCUT2D eigenvalue weighted by Gasteiger charge is -2.25. The van der Waals surface area contributed by atoms with E-state index in [4.69, 9.17) is 44.9 Å². The van der Waals surface area contributed by atoms with Crippen molar-refractivity contribution in [3.8, 4) is 5.75 Å². The van der Waals surface area contributed by atoms with Gasteiger partial charge in [0.15, 0.2) is 17.9 Å². The van der Waals surface area contributed by atoms with Gasteiger partial charge in [0.2, 0.25) is 23.6 Å². The van der Waals surface area contributed by atoms with Crippen LogP contribution in [0.1, 0.15) is 56.9 Å². The molecule has 0 spiro atoms. The van der Waals surface area contributed by atoms with Crippen molar-refractivity contribution in [2.24, 2.45) is 55.1 Å². The maximum atomic E-state index is 13.7. The number of benzene rings is 2. The summed E-state index contributed by atoms with van der Waals surface area (Å²) in [7, 11) is 0. The van der Waals surface area contributed by atoms with Crippen LogP contribution in [-0.4, -0.2) is 97.0 Å². The van der Waals surface area contributed by atoms with Gasteiger partial charge in [0.05, 0.1) is 11.5 Å². The van der Waals surface area contributed by atoms with Crippen molar-refractivity contribution in [1.29, 1.82) is 0 Å². The number of imide groups is 1. The second kappa shape index (κ2) is 23.5. The van der Waals surface area contributed by atoms with E-state index in [1.165, 1.54) is 0 Å². The average molecular weight is 825 g/mol. The molecule has 22 heteroatoms. The van der Waals surface area contributed by atoms with Crippen molar-refractivity contribution in [2.45, 2.75) is 69.5 Å². The molecule has 1 saturated heterocycles. The number of primary amides is 1. The molecule has 21 nitrogen and oxygen atoms in total. The maximum absolute atomic E-state index is 13.7. The molecular weight excluding hydrogens is 773 g/mol. The summed E-state index contributed by atoms with van der Waals surface area (Å²) in [6, 6.07) is 7.57. The first-order valence-corrected chi connectivity index (χ1v) is 19.2. The van der Waals surface area contributed by atoms with E-state index < -0.39 is 52.9 Å². The molecule has 1 heterocycles. The number of carbonyl (C=O) groups excluding carboxylic acids is 6. The monoisotopic (exact) mass is 824 g/mol. The van der Waals surface area contributed by atoms with E-state index in [-0.39, 0.29) is 87.5 Å². The maximum Gasteiger partial charge on any atom is 0.290 e. The Morgan fingerprint density at radius 1 is 0.690 bits per heavy atom. The van der Waals surface area contributed by atoms with Crippen molar-refractivity contribution in [3.63, 3.8) is 0 Å². The highest BCUT2D eigenvalue weighted by Gasteiger charge is 2.29. The van der Waals surface area contributed by atoms with E-state index in [2.05, 4.69) is 36.2 Å². The van der Waals surface area contributed by atoms with Gasteiger partial charge < -0.3 is 60.8 Å². The third kappa shape index (κ3) is 15.9. The summed E-state index contributed by atoms with van der Waals surface area (Å²) in [5.74, 6) is -2.94. The highest BCUT2D eigenvalue weighted by Crippen LogP contribution is 2.33. The van der Waals surface area contributed by atoms with Gasteiger partial charge in [-0.15, -0.1) is 0 Å². The number of carbonyl (C=O) groups is 6. The molecule has 0 unspecified atom stereocenters. The number of guanidine groups is 3. The van der Waals surface area contributed by atoms with E-state index in [9.17, 15) is 28.8 Å². The van der Waals surface area contributed by atoms with Crippen LogP contribution in [0.15, 0.2) is 56.3 Å². The summed E-state index contributed by atoms with van der Waals surface area (Å²) < 4.78 is 6.04. The van der Waals surface area contributed by atoms with Gasteiger partial charge in [-0.05, 0) is 79.8 Å². The molecule has 1 aliphatic heterocycles. The number of fused-ring (bicyclic) bond motifs is 1. The number of nitrogens with one attached hydrogen (secondary N) is 4.